The van der Waals surface area contributed by atoms with Crippen molar-refractivity contribution in [2.75, 3.05) is 0 Å². The molecule has 0 saturated heterocycles. The van der Waals surface area contributed by atoms with Crippen LogP contribution in [0.15, 0.2) is 12.3 Å². The molecule has 0 unspecified atom stereocenters. The van der Waals surface area contributed by atoms with E-state index < -0.39 is 0 Å². The van der Waals surface area contributed by atoms with E-state index in [2.05, 4.69) is 30.9 Å². The number of aromatic nitrogens is 3. The van der Waals surface area contributed by atoms with E-state index in [1.807, 2.05) is 24.8 Å². The van der Waals surface area contributed by atoms with E-state index in [-0.39, 0.29) is 11.9 Å². The van der Waals surface area contributed by atoms with Crippen molar-refractivity contribution in [3.8, 4) is 0 Å². The molecule has 2 aromatic heterocycles. The molecule has 0 aromatic carbocycles. The first-order valence-electron chi connectivity index (χ1n) is 8.04. The molecular formula is C17H24N4O. The summed E-state index contributed by atoms with van der Waals surface area (Å²) in [4.78, 5) is 19.7. The van der Waals surface area contributed by atoms with Crippen molar-refractivity contribution in [2.45, 2.75) is 59.5 Å². The Hall–Kier alpha value is -1.91. The van der Waals surface area contributed by atoms with Gasteiger partial charge in [0.2, 0.25) is 0 Å². The van der Waals surface area contributed by atoms with Gasteiger partial charge < -0.3 is 4.90 Å². The van der Waals surface area contributed by atoms with Crippen LogP contribution in [-0.4, -0.2) is 37.5 Å². The Bertz CT molecular complexity index is 715. The number of carbonyl (C=O) groups excluding carboxylic acids is 1. The van der Waals surface area contributed by atoms with Gasteiger partial charge in [0.1, 0.15) is 5.56 Å². The highest BCUT2D eigenvalue weighted by atomic mass is 16.2. The van der Waals surface area contributed by atoms with Gasteiger partial charge in [-0.15, -0.1) is 0 Å². The number of hydrogen-bond acceptors (Lipinski definition) is 3. The molecule has 1 atom stereocenters. The SMILES string of the molecule is Cc1cc(C)n2ncc(C(=O)N(C3CC3)[C@H](C)C(C)C)c2n1. The zero-order valence-corrected chi connectivity index (χ0v) is 14.0. The van der Waals surface area contributed by atoms with Crippen LogP contribution in [0.4, 0.5) is 0 Å². The molecule has 0 N–H and O–H groups in total. The molecular weight excluding hydrogens is 276 g/mol. The van der Waals surface area contributed by atoms with E-state index in [0.29, 0.717) is 23.2 Å². The second-order valence-electron chi connectivity index (χ2n) is 6.76. The van der Waals surface area contributed by atoms with Gasteiger partial charge in [-0.2, -0.15) is 5.10 Å². The highest BCUT2D eigenvalue weighted by Crippen LogP contribution is 2.32. The molecule has 1 aliphatic rings. The van der Waals surface area contributed by atoms with Crippen LogP contribution in [-0.2, 0) is 0 Å². The Kier molecular flexibility index (Phi) is 3.67. The Morgan fingerprint density at radius 2 is 2.00 bits per heavy atom. The average Bonchev–Trinajstić information content (AvgIpc) is 3.17. The molecule has 118 valence electrons. The number of nitrogens with zero attached hydrogens (tertiary/aromatic N) is 4. The fourth-order valence-corrected chi connectivity index (χ4v) is 2.92. The first-order chi connectivity index (χ1) is 10.4. The molecule has 0 aliphatic heterocycles. The fourth-order valence-electron chi connectivity index (χ4n) is 2.92. The molecule has 2 aromatic rings. The molecule has 1 aliphatic carbocycles. The number of amides is 1. The van der Waals surface area contributed by atoms with Crippen molar-refractivity contribution in [1.29, 1.82) is 0 Å². The third-order valence-corrected chi connectivity index (χ3v) is 4.59. The van der Waals surface area contributed by atoms with Gasteiger partial charge in [0.05, 0.1) is 6.20 Å². The maximum atomic E-state index is 13.1. The van der Waals surface area contributed by atoms with Gasteiger partial charge in [-0.25, -0.2) is 9.50 Å². The van der Waals surface area contributed by atoms with Crippen LogP contribution in [0, 0.1) is 19.8 Å². The lowest BCUT2D eigenvalue weighted by Crippen LogP contribution is -2.43. The minimum atomic E-state index is 0.0659. The van der Waals surface area contributed by atoms with Crippen molar-refractivity contribution in [1.82, 2.24) is 19.5 Å². The Morgan fingerprint density at radius 3 is 2.59 bits per heavy atom. The molecule has 1 fully saturated rings. The summed E-state index contributed by atoms with van der Waals surface area (Å²) in [6.07, 6.45) is 3.88. The van der Waals surface area contributed by atoms with Gasteiger partial charge in [0.25, 0.3) is 5.91 Å². The van der Waals surface area contributed by atoms with Crippen molar-refractivity contribution >= 4 is 11.6 Å². The molecule has 1 saturated carbocycles. The Balaban J connectivity index is 2.04. The van der Waals surface area contributed by atoms with Crippen LogP contribution in [0.5, 0.6) is 0 Å². The van der Waals surface area contributed by atoms with Gasteiger partial charge in [-0.05, 0) is 45.6 Å². The maximum absolute atomic E-state index is 13.1. The van der Waals surface area contributed by atoms with E-state index in [0.717, 1.165) is 24.2 Å². The van der Waals surface area contributed by atoms with E-state index in [1.165, 1.54) is 0 Å². The lowest BCUT2D eigenvalue weighted by molar-refractivity contribution is 0.0629. The third kappa shape index (κ3) is 2.49. The standard InChI is InChI=1S/C17H24N4O/c1-10(2)13(5)20(14-6-7-14)17(22)15-9-18-21-12(4)8-11(3)19-16(15)21/h8-10,13-14H,6-7H2,1-5H3/t13-/m1/s1. The minimum Gasteiger partial charge on any atom is -0.333 e. The van der Waals surface area contributed by atoms with Crippen LogP contribution in [0.1, 0.15) is 55.4 Å². The molecule has 0 bridgehead atoms. The molecule has 5 nitrogen and oxygen atoms in total. The molecule has 22 heavy (non-hydrogen) atoms. The maximum Gasteiger partial charge on any atom is 0.259 e. The van der Waals surface area contributed by atoms with Crippen LogP contribution in [0.2, 0.25) is 0 Å². The number of aryl methyl sites for hydroxylation is 2. The second-order valence-corrected chi connectivity index (χ2v) is 6.76. The van der Waals surface area contributed by atoms with Crippen LogP contribution < -0.4 is 0 Å². The van der Waals surface area contributed by atoms with Crippen molar-refractivity contribution in [3.63, 3.8) is 0 Å². The normalized spacial score (nSPS) is 16.3. The lowest BCUT2D eigenvalue weighted by atomic mass is 10.0. The Morgan fingerprint density at radius 1 is 1.32 bits per heavy atom. The van der Waals surface area contributed by atoms with Gasteiger partial charge in [0.15, 0.2) is 5.65 Å². The summed E-state index contributed by atoms with van der Waals surface area (Å²) in [6, 6.07) is 2.58. The zero-order valence-electron chi connectivity index (χ0n) is 14.0. The number of hydrogen-bond donors (Lipinski definition) is 0. The summed E-state index contributed by atoms with van der Waals surface area (Å²) in [7, 11) is 0. The van der Waals surface area contributed by atoms with Crippen LogP contribution in [0.3, 0.4) is 0 Å². The third-order valence-electron chi connectivity index (χ3n) is 4.59. The van der Waals surface area contributed by atoms with E-state index in [9.17, 15) is 4.79 Å². The number of rotatable bonds is 4. The summed E-state index contributed by atoms with van der Waals surface area (Å²) < 4.78 is 1.76. The van der Waals surface area contributed by atoms with Crippen molar-refractivity contribution in [2.24, 2.45) is 5.92 Å². The predicted octanol–water partition coefficient (Wildman–Crippen LogP) is 3.00. The highest BCUT2D eigenvalue weighted by molar-refractivity contribution is 6.00. The monoisotopic (exact) mass is 300 g/mol. The summed E-state index contributed by atoms with van der Waals surface area (Å²) >= 11 is 0. The largest absolute Gasteiger partial charge is 0.333 e. The topological polar surface area (TPSA) is 50.5 Å². The smallest absolute Gasteiger partial charge is 0.259 e. The summed E-state index contributed by atoms with van der Waals surface area (Å²) in [5.41, 5.74) is 3.20. The van der Waals surface area contributed by atoms with Gasteiger partial charge in [0, 0.05) is 23.5 Å². The molecule has 2 heterocycles. The van der Waals surface area contributed by atoms with Crippen LogP contribution in [0.25, 0.3) is 5.65 Å². The zero-order chi connectivity index (χ0) is 16.0. The fraction of sp³-hybridized carbons (Fsp3) is 0.588. The molecule has 1 amide bonds. The van der Waals surface area contributed by atoms with Crippen LogP contribution >= 0.6 is 0 Å². The molecule has 5 heteroatoms. The molecule has 3 rings (SSSR count). The van der Waals surface area contributed by atoms with Gasteiger partial charge in [-0.3, -0.25) is 4.79 Å². The van der Waals surface area contributed by atoms with Gasteiger partial charge >= 0.3 is 0 Å². The second kappa shape index (κ2) is 5.38. The average molecular weight is 300 g/mol. The predicted molar refractivity (Wildman–Crippen MR) is 86.0 cm³/mol. The summed E-state index contributed by atoms with van der Waals surface area (Å²) in [5, 5.41) is 4.35. The van der Waals surface area contributed by atoms with E-state index >= 15 is 0 Å². The first-order valence-corrected chi connectivity index (χ1v) is 8.04. The summed E-state index contributed by atoms with van der Waals surface area (Å²) in [5.74, 6) is 0.499. The minimum absolute atomic E-state index is 0.0659. The van der Waals surface area contributed by atoms with Gasteiger partial charge in [-0.1, -0.05) is 13.8 Å². The lowest BCUT2D eigenvalue weighted by Gasteiger charge is -2.31. The first kappa shape index (κ1) is 15.0. The molecule has 0 spiro atoms. The molecule has 0 radical (unpaired) electrons. The summed E-state index contributed by atoms with van der Waals surface area (Å²) in [6.45, 7) is 10.4. The van der Waals surface area contributed by atoms with E-state index in [1.54, 1.807) is 10.7 Å². The van der Waals surface area contributed by atoms with E-state index in [4.69, 9.17) is 0 Å². The van der Waals surface area contributed by atoms with Crippen molar-refractivity contribution in [3.05, 3.63) is 29.2 Å². The quantitative estimate of drug-likeness (QED) is 0.872. The number of carbonyl (C=O) groups is 1. The number of fused-ring (bicyclic) bond motifs is 1. The van der Waals surface area contributed by atoms with Crippen molar-refractivity contribution < 1.29 is 4.79 Å². The highest BCUT2D eigenvalue weighted by Gasteiger charge is 2.38. The Labute approximate surface area is 131 Å².